The Bertz CT molecular complexity index is 749. The van der Waals surface area contributed by atoms with Crippen LogP contribution in [-0.4, -0.2) is 18.4 Å². The zero-order chi connectivity index (χ0) is 17.0. The summed E-state index contributed by atoms with van der Waals surface area (Å²) in [5.41, 5.74) is 2.31. The molecule has 2 amide bonds. The van der Waals surface area contributed by atoms with Crippen molar-refractivity contribution in [1.82, 2.24) is 0 Å². The Balaban J connectivity index is 2.16. The molecule has 0 spiro atoms. The minimum Gasteiger partial charge on any atom is -0.324 e. The van der Waals surface area contributed by atoms with Gasteiger partial charge in [0.25, 0.3) is 0 Å². The third-order valence-corrected chi connectivity index (χ3v) is 4.05. The first-order chi connectivity index (χ1) is 10.9. The molecule has 1 N–H and O–H groups in total. The summed E-state index contributed by atoms with van der Waals surface area (Å²) in [6.45, 7) is 3.31. The highest BCUT2D eigenvalue weighted by Gasteiger charge is 2.18. The summed E-state index contributed by atoms with van der Waals surface area (Å²) < 4.78 is 0.767. The number of hydrogen-bond acceptors (Lipinski definition) is 2. The van der Waals surface area contributed by atoms with E-state index >= 15 is 0 Å². The van der Waals surface area contributed by atoms with E-state index < -0.39 is 0 Å². The van der Waals surface area contributed by atoms with Crippen molar-refractivity contribution < 1.29 is 9.59 Å². The number of anilines is 2. The van der Waals surface area contributed by atoms with E-state index in [1.807, 2.05) is 25.1 Å². The van der Waals surface area contributed by atoms with Gasteiger partial charge in [-0.25, -0.2) is 0 Å². The van der Waals surface area contributed by atoms with Gasteiger partial charge < -0.3 is 10.2 Å². The molecule has 23 heavy (non-hydrogen) atoms. The Labute approximate surface area is 148 Å². The molecule has 2 aromatic carbocycles. The Morgan fingerprint density at radius 2 is 1.96 bits per heavy atom. The fraction of sp³-hybridized carbons (Fsp3) is 0.176. The van der Waals surface area contributed by atoms with Crippen LogP contribution in [0, 0.1) is 6.92 Å². The second kappa shape index (κ2) is 7.62. The minimum absolute atomic E-state index is 0.0799. The summed E-state index contributed by atoms with van der Waals surface area (Å²) in [6.07, 6.45) is 0. The van der Waals surface area contributed by atoms with Crippen molar-refractivity contribution in [2.75, 3.05) is 16.8 Å². The second-order valence-electron chi connectivity index (χ2n) is 5.12. The van der Waals surface area contributed by atoms with E-state index in [0.717, 1.165) is 10.0 Å². The van der Waals surface area contributed by atoms with Crippen LogP contribution in [0.25, 0.3) is 0 Å². The number of carbonyl (C=O) groups excluding carboxylic acids is 2. The van der Waals surface area contributed by atoms with Gasteiger partial charge in [0.2, 0.25) is 11.8 Å². The Morgan fingerprint density at radius 1 is 1.22 bits per heavy atom. The minimum atomic E-state index is -0.296. The van der Waals surface area contributed by atoms with Crippen LogP contribution in [0.5, 0.6) is 0 Å². The van der Waals surface area contributed by atoms with Gasteiger partial charge in [-0.3, -0.25) is 9.59 Å². The van der Waals surface area contributed by atoms with Gasteiger partial charge in [-0.15, -0.1) is 0 Å². The van der Waals surface area contributed by atoms with Crippen LogP contribution < -0.4 is 10.2 Å². The third-order valence-electron chi connectivity index (χ3n) is 3.18. The van der Waals surface area contributed by atoms with Crippen LogP contribution in [0.4, 0.5) is 11.4 Å². The van der Waals surface area contributed by atoms with Gasteiger partial charge in [0, 0.05) is 22.1 Å². The van der Waals surface area contributed by atoms with E-state index in [2.05, 4.69) is 21.2 Å². The maximum atomic E-state index is 12.2. The van der Waals surface area contributed by atoms with Crippen molar-refractivity contribution >= 4 is 50.7 Å². The zero-order valence-corrected chi connectivity index (χ0v) is 15.1. The second-order valence-corrected chi connectivity index (χ2v) is 6.41. The van der Waals surface area contributed by atoms with E-state index in [4.69, 9.17) is 11.6 Å². The molecule has 0 heterocycles. The van der Waals surface area contributed by atoms with Crippen molar-refractivity contribution in [1.29, 1.82) is 0 Å². The van der Waals surface area contributed by atoms with Gasteiger partial charge in [0.15, 0.2) is 0 Å². The van der Waals surface area contributed by atoms with Crippen molar-refractivity contribution in [3.8, 4) is 0 Å². The number of hydrogen-bond donors (Lipinski definition) is 1. The maximum absolute atomic E-state index is 12.2. The molecular formula is C17H16BrClN2O2. The summed E-state index contributed by atoms with van der Waals surface area (Å²) in [5.74, 6) is -0.509. The van der Waals surface area contributed by atoms with E-state index in [0.29, 0.717) is 16.4 Å². The maximum Gasteiger partial charge on any atom is 0.244 e. The van der Waals surface area contributed by atoms with E-state index in [-0.39, 0.29) is 18.4 Å². The molecule has 4 nitrogen and oxygen atoms in total. The number of halogens is 2. The number of benzene rings is 2. The van der Waals surface area contributed by atoms with Crippen LogP contribution in [0.1, 0.15) is 12.5 Å². The number of aryl methyl sites for hydroxylation is 1. The molecule has 6 heteroatoms. The van der Waals surface area contributed by atoms with Gasteiger partial charge >= 0.3 is 0 Å². The fourth-order valence-electron chi connectivity index (χ4n) is 2.11. The summed E-state index contributed by atoms with van der Waals surface area (Å²) in [7, 11) is 0. The number of amides is 2. The Hall–Kier alpha value is -1.85. The molecule has 2 aromatic rings. The highest BCUT2D eigenvalue weighted by Crippen LogP contribution is 2.27. The summed E-state index contributed by atoms with van der Waals surface area (Å²) >= 11 is 9.33. The average Bonchev–Trinajstić information content (AvgIpc) is 2.45. The molecule has 0 radical (unpaired) electrons. The first-order valence-corrected chi connectivity index (χ1v) is 8.13. The lowest BCUT2D eigenvalue weighted by atomic mass is 10.2. The molecule has 0 aliphatic carbocycles. The largest absolute Gasteiger partial charge is 0.324 e. The molecule has 0 saturated heterocycles. The Kier molecular flexibility index (Phi) is 5.80. The molecule has 0 atom stereocenters. The highest BCUT2D eigenvalue weighted by molar-refractivity contribution is 9.10. The molecule has 0 aliphatic heterocycles. The quantitative estimate of drug-likeness (QED) is 0.834. The Morgan fingerprint density at radius 3 is 2.57 bits per heavy atom. The molecule has 0 aliphatic rings. The van der Waals surface area contributed by atoms with Crippen LogP contribution >= 0.6 is 27.5 Å². The van der Waals surface area contributed by atoms with Gasteiger partial charge in [-0.05, 0) is 58.7 Å². The van der Waals surface area contributed by atoms with Crippen molar-refractivity contribution in [2.45, 2.75) is 13.8 Å². The number of rotatable bonds is 4. The van der Waals surface area contributed by atoms with Gasteiger partial charge in [0.05, 0.1) is 5.69 Å². The van der Waals surface area contributed by atoms with Crippen LogP contribution in [0.2, 0.25) is 5.02 Å². The SMILES string of the molecule is CC(=O)N(CC(=O)Nc1cccc(Cl)c1)c1ccc(C)cc1Br. The molecule has 120 valence electrons. The van der Waals surface area contributed by atoms with Crippen molar-refractivity contribution in [3.05, 3.63) is 57.5 Å². The number of nitrogens with zero attached hydrogens (tertiary/aromatic N) is 1. The molecule has 0 aromatic heterocycles. The van der Waals surface area contributed by atoms with Crippen molar-refractivity contribution in [2.24, 2.45) is 0 Å². The number of carbonyl (C=O) groups is 2. The van der Waals surface area contributed by atoms with E-state index in [9.17, 15) is 9.59 Å². The monoisotopic (exact) mass is 394 g/mol. The van der Waals surface area contributed by atoms with Crippen LogP contribution in [-0.2, 0) is 9.59 Å². The predicted octanol–water partition coefficient (Wildman–Crippen LogP) is 4.40. The molecular weight excluding hydrogens is 380 g/mol. The zero-order valence-electron chi connectivity index (χ0n) is 12.8. The number of nitrogens with one attached hydrogen (secondary N) is 1. The van der Waals surface area contributed by atoms with E-state index in [1.54, 1.807) is 24.3 Å². The lowest BCUT2D eigenvalue weighted by Crippen LogP contribution is -2.36. The predicted molar refractivity (Wildman–Crippen MR) is 97.0 cm³/mol. The van der Waals surface area contributed by atoms with Crippen molar-refractivity contribution in [3.63, 3.8) is 0 Å². The normalized spacial score (nSPS) is 10.3. The van der Waals surface area contributed by atoms with Gasteiger partial charge in [-0.2, -0.15) is 0 Å². The molecule has 0 fully saturated rings. The lowest BCUT2D eigenvalue weighted by Gasteiger charge is -2.22. The first-order valence-electron chi connectivity index (χ1n) is 6.96. The van der Waals surface area contributed by atoms with Crippen LogP contribution in [0.3, 0.4) is 0 Å². The standard InChI is InChI=1S/C17H16BrClN2O2/c1-11-6-7-16(15(18)8-11)21(12(2)22)10-17(23)20-14-5-3-4-13(19)9-14/h3-9H,10H2,1-2H3,(H,20,23). The summed E-state index contributed by atoms with van der Waals surface area (Å²) in [6, 6.07) is 12.5. The molecule has 0 bridgehead atoms. The van der Waals surface area contributed by atoms with Crippen LogP contribution in [0.15, 0.2) is 46.9 Å². The van der Waals surface area contributed by atoms with Gasteiger partial charge in [-0.1, -0.05) is 23.7 Å². The average molecular weight is 396 g/mol. The molecule has 0 saturated carbocycles. The topological polar surface area (TPSA) is 49.4 Å². The highest BCUT2D eigenvalue weighted by atomic mass is 79.9. The fourth-order valence-corrected chi connectivity index (χ4v) is 3.00. The van der Waals surface area contributed by atoms with Gasteiger partial charge in [0.1, 0.15) is 6.54 Å². The summed E-state index contributed by atoms with van der Waals surface area (Å²) in [4.78, 5) is 25.6. The summed E-state index contributed by atoms with van der Waals surface area (Å²) in [5, 5.41) is 3.27. The molecule has 0 unspecified atom stereocenters. The van der Waals surface area contributed by atoms with E-state index in [1.165, 1.54) is 11.8 Å². The molecule has 2 rings (SSSR count). The lowest BCUT2D eigenvalue weighted by molar-refractivity contribution is -0.120. The third kappa shape index (κ3) is 4.81. The first kappa shape index (κ1) is 17.5. The smallest absolute Gasteiger partial charge is 0.244 e.